The van der Waals surface area contributed by atoms with Crippen LogP contribution in [-0.2, 0) is 5.75 Å². The van der Waals surface area contributed by atoms with E-state index in [0.717, 1.165) is 24.3 Å². The summed E-state index contributed by atoms with van der Waals surface area (Å²) in [5.74, 6) is 1.07. The van der Waals surface area contributed by atoms with E-state index in [0.29, 0.717) is 6.04 Å². The predicted molar refractivity (Wildman–Crippen MR) is 73.1 cm³/mol. The third kappa shape index (κ3) is 4.90. The van der Waals surface area contributed by atoms with Crippen molar-refractivity contribution in [2.24, 2.45) is 0 Å². The summed E-state index contributed by atoms with van der Waals surface area (Å²) in [4.78, 5) is 0. The first-order valence-electron chi connectivity index (χ1n) is 5.71. The lowest BCUT2D eigenvalue weighted by atomic mass is 10.1. The summed E-state index contributed by atoms with van der Waals surface area (Å²) in [6.07, 6.45) is 3.98. The van der Waals surface area contributed by atoms with Gasteiger partial charge in [-0.15, -0.1) is 0 Å². The topological polar surface area (TPSA) is 32.3 Å². The minimum absolute atomic E-state index is 0.276. The molecule has 0 heterocycles. The molecule has 2 N–H and O–H groups in total. The van der Waals surface area contributed by atoms with Crippen LogP contribution in [0.15, 0.2) is 24.3 Å². The highest BCUT2D eigenvalue weighted by atomic mass is 32.2. The van der Waals surface area contributed by atoms with Gasteiger partial charge < -0.3 is 10.4 Å². The predicted octanol–water partition coefficient (Wildman–Crippen LogP) is 3.12. The largest absolute Gasteiger partial charge is 0.396 e. The molecule has 0 aromatic heterocycles. The van der Waals surface area contributed by atoms with Crippen LogP contribution in [0.25, 0.3) is 0 Å². The fraction of sp³-hybridized carbons (Fsp3) is 0.538. The maximum atomic E-state index is 8.75. The van der Waals surface area contributed by atoms with E-state index in [-0.39, 0.29) is 6.61 Å². The Kier molecular flexibility index (Phi) is 6.34. The van der Waals surface area contributed by atoms with Crippen molar-refractivity contribution in [1.82, 2.24) is 0 Å². The number of aliphatic hydroxyl groups is 1. The van der Waals surface area contributed by atoms with Gasteiger partial charge in [-0.2, -0.15) is 11.8 Å². The number of anilines is 1. The van der Waals surface area contributed by atoms with E-state index < -0.39 is 0 Å². The van der Waals surface area contributed by atoms with E-state index in [9.17, 15) is 0 Å². The minimum atomic E-state index is 0.276. The molecule has 90 valence electrons. The van der Waals surface area contributed by atoms with E-state index in [1.54, 1.807) is 0 Å². The Bertz CT molecular complexity index is 286. The first kappa shape index (κ1) is 13.4. The molecule has 1 rings (SSSR count). The highest BCUT2D eigenvalue weighted by molar-refractivity contribution is 7.97. The summed E-state index contributed by atoms with van der Waals surface area (Å²) in [5, 5.41) is 12.2. The Morgan fingerprint density at radius 3 is 2.56 bits per heavy atom. The van der Waals surface area contributed by atoms with Gasteiger partial charge in [0, 0.05) is 24.1 Å². The molecule has 0 aliphatic heterocycles. The van der Waals surface area contributed by atoms with Crippen LogP contribution in [0.4, 0.5) is 5.69 Å². The van der Waals surface area contributed by atoms with Crippen LogP contribution in [0.2, 0.25) is 0 Å². The Morgan fingerprint density at radius 1 is 1.31 bits per heavy atom. The Labute approximate surface area is 102 Å². The zero-order valence-corrected chi connectivity index (χ0v) is 10.9. The van der Waals surface area contributed by atoms with Gasteiger partial charge in [-0.1, -0.05) is 12.1 Å². The molecule has 0 saturated carbocycles. The number of hydrogen-bond acceptors (Lipinski definition) is 3. The molecule has 0 amide bonds. The number of nitrogens with one attached hydrogen (secondary N) is 1. The van der Waals surface area contributed by atoms with Crippen molar-refractivity contribution in [3.05, 3.63) is 29.8 Å². The van der Waals surface area contributed by atoms with Crippen molar-refractivity contribution >= 4 is 17.4 Å². The quantitative estimate of drug-likeness (QED) is 0.767. The minimum Gasteiger partial charge on any atom is -0.396 e. The fourth-order valence-electron chi connectivity index (χ4n) is 1.62. The van der Waals surface area contributed by atoms with Gasteiger partial charge in [0.25, 0.3) is 0 Å². The molecule has 0 bridgehead atoms. The van der Waals surface area contributed by atoms with Gasteiger partial charge in [0.2, 0.25) is 0 Å². The van der Waals surface area contributed by atoms with Crippen molar-refractivity contribution in [3.63, 3.8) is 0 Å². The van der Waals surface area contributed by atoms with Crippen LogP contribution in [0.3, 0.4) is 0 Å². The summed E-state index contributed by atoms with van der Waals surface area (Å²) in [6.45, 7) is 2.42. The molecule has 0 saturated heterocycles. The zero-order chi connectivity index (χ0) is 11.8. The maximum absolute atomic E-state index is 8.75. The van der Waals surface area contributed by atoms with Gasteiger partial charge in [-0.25, -0.2) is 0 Å². The third-order valence-electron chi connectivity index (χ3n) is 2.47. The lowest BCUT2D eigenvalue weighted by molar-refractivity contribution is 0.282. The van der Waals surface area contributed by atoms with Gasteiger partial charge in [0.05, 0.1) is 0 Å². The molecule has 16 heavy (non-hydrogen) atoms. The van der Waals surface area contributed by atoms with Gasteiger partial charge in [-0.05, 0) is 43.7 Å². The lowest BCUT2D eigenvalue weighted by Gasteiger charge is -2.14. The number of benzene rings is 1. The van der Waals surface area contributed by atoms with E-state index in [1.165, 1.54) is 5.56 Å². The highest BCUT2D eigenvalue weighted by Gasteiger charge is 2.01. The smallest absolute Gasteiger partial charge is 0.0431 e. The summed E-state index contributed by atoms with van der Waals surface area (Å²) < 4.78 is 0. The lowest BCUT2D eigenvalue weighted by Crippen LogP contribution is -2.15. The van der Waals surface area contributed by atoms with Crippen LogP contribution >= 0.6 is 11.8 Å². The number of aliphatic hydroxyl groups excluding tert-OH is 1. The van der Waals surface area contributed by atoms with Crippen molar-refractivity contribution in [2.45, 2.75) is 31.6 Å². The van der Waals surface area contributed by atoms with Gasteiger partial charge in [0.1, 0.15) is 0 Å². The fourth-order valence-corrected chi connectivity index (χ4v) is 2.14. The van der Waals surface area contributed by atoms with Crippen molar-refractivity contribution in [1.29, 1.82) is 0 Å². The Balaban J connectivity index is 2.41. The molecule has 0 fully saturated rings. The van der Waals surface area contributed by atoms with Gasteiger partial charge in [-0.3, -0.25) is 0 Å². The van der Waals surface area contributed by atoms with E-state index in [2.05, 4.69) is 42.8 Å². The van der Waals surface area contributed by atoms with E-state index in [1.807, 2.05) is 11.8 Å². The van der Waals surface area contributed by atoms with Crippen LogP contribution < -0.4 is 5.32 Å². The number of rotatable bonds is 7. The standard InChI is InChI=1S/C13H21NOS/c1-11(4-3-9-15)14-13-7-5-12(6-8-13)10-16-2/h5-8,11,14-15H,3-4,9-10H2,1-2H3. The molecule has 0 spiro atoms. The summed E-state index contributed by atoms with van der Waals surface area (Å²) in [7, 11) is 0. The molecule has 1 atom stereocenters. The molecular weight excluding hydrogens is 218 g/mol. The molecule has 0 radical (unpaired) electrons. The maximum Gasteiger partial charge on any atom is 0.0431 e. The van der Waals surface area contributed by atoms with Crippen molar-refractivity contribution in [2.75, 3.05) is 18.2 Å². The normalized spacial score (nSPS) is 12.4. The SMILES string of the molecule is CSCc1ccc(NC(C)CCCO)cc1. The van der Waals surface area contributed by atoms with Crippen molar-refractivity contribution in [3.8, 4) is 0 Å². The second-order valence-corrected chi connectivity index (χ2v) is 4.91. The third-order valence-corrected chi connectivity index (χ3v) is 3.10. The summed E-state index contributed by atoms with van der Waals surface area (Å²) in [6, 6.07) is 9.00. The monoisotopic (exact) mass is 239 g/mol. The zero-order valence-electron chi connectivity index (χ0n) is 10.1. The van der Waals surface area contributed by atoms with Crippen LogP contribution in [0.1, 0.15) is 25.3 Å². The Morgan fingerprint density at radius 2 is 2.00 bits per heavy atom. The average Bonchev–Trinajstić information content (AvgIpc) is 2.29. The Hall–Kier alpha value is -0.670. The summed E-state index contributed by atoms with van der Waals surface area (Å²) >= 11 is 1.84. The van der Waals surface area contributed by atoms with Crippen LogP contribution in [0.5, 0.6) is 0 Å². The second kappa shape index (κ2) is 7.58. The van der Waals surface area contributed by atoms with E-state index in [4.69, 9.17) is 5.11 Å². The average molecular weight is 239 g/mol. The first-order valence-corrected chi connectivity index (χ1v) is 7.11. The summed E-state index contributed by atoms with van der Waals surface area (Å²) in [5.41, 5.74) is 2.52. The molecular formula is C13H21NOS. The molecule has 0 aliphatic carbocycles. The molecule has 2 nitrogen and oxygen atoms in total. The molecule has 3 heteroatoms. The number of hydrogen-bond donors (Lipinski definition) is 2. The van der Waals surface area contributed by atoms with Gasteiger partial charge in [0.15, 0.2) is 0 Å². The molecule has 1 aromatic rings. The molecule has 1 unspecified atom stereocenters. The second-order valence-electron chi connectivity index (χ2n) is 4.04. The van der Waals surface area contributed by atoms with E-state index >= 15 is 0 Å². The number of thioether (sulfide) groups is 1. The van der Waals surface area contributed by atoms with Crippen molar-refractivity contribution < 1.29 is 5.11 Å². The highest BCUT2D eigenvalue weighted by Crippen LogP contribution is 2.15. The van der Waals surface area contributed by atoms with Gasteiger partial charge >= 0.3 is 0 Å². The first-order chi connectivity index (χ1) is 7.76. The molecule has 1 aromatic carbocycles. The molecule has 0 aliphatic rings. The van der Waals surface area contributed by atoms with Crippen LogP contribution in [0, 0.1) is 0 Å². The van der Waals surface area contributed by atoms with Crippen LogP contribution in [-0.4, -0.2) is 24.0 Å².